The molecule has 4 rings (SSSR count). The molecule has 0 aliphatic carbocycles. The van der Waals surface area contributed by atoms with E-state index in [4.69, 9.17) is 9.15 Å². The van der Waals surface area contributed by atoms with Crippen LogP contribution in [0.15, 0.2) is 82.1 Å². The Labute approximate surface area is 191 Å². The number of hydrogen-bond acceptors (Lipinski definition) is 6. The Morgan fingerprint density at radius 1 is 0.970 bits per heavy atom. The summed E-state index contributed by atoms with van der Waals surface area (Å²) >= 11 is 0. The zero-order valence-corrected chi connectivity index (χ0v) is 18.9. The predicted molar refractivity (Wildman–Crippen MR) is 127 cm³/mol. The van der Waals surface area contributed by atoms with Crippen LogP contribution in [0.1, 0.15) is 16.1 Å². The molecule has 0 aliphatic heterocycles. The van der Waals surface area contributed by atoms with Crippen LogP contribution in [0, 0.1) is 0 Å². The van der Waals surface area contributed by atoms with Gasteiger partial charge >= 0.3 is 0 Å². The molecule has 0 saturated heterocycles. The summed E-state index contributed by atoms with van der Waals surface area (Å²) in [7, 11) is -0.895. The van der Waals surface area contributed by atoms with Gasteiger partial charge in [0.25, 0.3) is 5.91 Å². The Morgan fingerprint density at radius 2 is 1.73 bits per heavy atom. The van der Waals surface area contributed by atoms with Crippen molar-refractivity contribution in [3.05, 3.63) is 84.1 Å². The number of furan rings is 1. The summed E-state index contributed by atoms with van der Waals surface area (Å²) in [5.74, 6) is 0.898. The lowest BCUT2D eigenvalue weighted by Gasteiger charge is -2.12. The van der Waals surface area contributed by atoms with E-state index in [0.717, 1.165) is 11.0 Å². The minimum absolute atomic E-state index is 0.0283. The van der Waals surface area contributed by atoms with Gasteiger partial charge in [-0.25, -0.2) is 13.1 Å². The number of benzene rings is 3. The zero-order chi connectivity index (χ0) is 23.4. The van der Waals surface area contributed by atoms with Gasteiger partial charge < -0.3 is 19.8 Å². The van der Waals surface area contributed by atoms with Gasteiger partial charge in [0.2, 0.25) is 10.0 Å². The van der Waals surface area contributed by atoms with Gasteiger partial charge in [-0.3, -0.25) is 4.79 Å². The van der Waals surface area contributed by atoms with Crippen LogP contribution >= 0.6 is 0 Å². The van der Waals surface area contributed by atoms with Crippen molar-refractivity contribution in [1.82, 2.24) is 4.72 Å². The van der Waals surface area contributed by atoms with Crippen molar-refractivity contribution in [2.24, 2.45) is 0 Å². The quantitative estimate of drug-likeness (QED) is 0.360. The Bertz CT molecular complexity index is 1360. The summed E-state index contributed by atoms with van der Waals surface area (Å²) in [4.78, 5) is 12.8. The topological polar surface area (TPSA) is 110 Å². The summed E-state index contributed by atoms with van der Waals surface area (Å²) in [6.45, 7) is 0.317. The maximum Gasteiger partial charge on any atom is 0.255 e. The van der Waals surface area contributed by atoms with Crippen LogP contribution in [0.5, 0.6) is 5.75 Å². The molecule has 1 amide bonds. The lowest BCUT2D eigenvalue weighted by molar-refractivity contribution is 0.102. The van der Waals surface area contributed by atoms with Crippen LogP contribution in [-0.2, 0) is 16.6 Å². The Kier molecular flexibility index (Phi) is 6.34. The third-order valence-electron chi connectivity index (χ3n) is 5.04. The fourth-order valence-corrected chi connectivity index (χ4v) is 4.10. The number of carbonyl (C=O) groups excluding carboxylic acids is 1. The largest absolute Gasteiger partial charge is 0.497 e. The average molecular weight is 466 g/mol. The molecule has 0 spiro atoms. The number of carbonyl (C=O) groups is 1. The SMILES string of the molecule is CNS(=O)(=O)c1cc(NCc2cc3ccccc3o2)cc(C(=O)Nc2ccc(OC)cc2)c1. The summed E-state index contributed by atoms with van der Waals surface area (Å²) in [6, 6.07) is 20.8. The minimum atomic E-state index is -3.77. The molecular weight excluding hydrogens is 442 g/mol. The minimum Gasteiger partial charge on any atom is -0.497 e. The molecular formula is C24H23N3O5S. The summed E-state index contributed by atoms with van der Waals surface area (Å²) < 4.78 is 38.1. The van der Waals surface area contributed by atoms with Gasteiger partial charge in [0.1, 0.15) is 17.1 Å². The van der Waals surface area contributed by atoms with Gasteiger partial charge in [-0.1, -0.05) is 18.2 Å². The number of nitrogens with one attached hydrogen (secondary N) is 3. The molecule has 0 unspecified atom stereocenters. The highest BCUT2D eigenvalue weighted by Gasteiger charge is 2.17. The van der Waals surface area contributed by atoms with Crippen LogP contribution in [0.2, 0.25) is 0 Å². The molecule has 0 bridgehead atoms. The molecule has 8 nitrogen and oxygen atoms in total. The number of para-hydroxylation sites is 1. The highest BCUT2D eigenvalue weighted by molar-refractivity contribution is 7.89. The average Bonchev–Trinajstić information content (AvgIpc) is 3.26. The van der Waals surface area contributed by atoms with E-state index in [-0.39, 0.29) is 10.5 Å². The van der Waals surface area contributed by atoms with E-state index in [2.05, 4.69) is 15.4 Å². The van der Waals surface area contributed by atoms with Crippen molar-refractivity contribution in [3.8, 4) is 5.75 Å². The number of hydrogen-bond donors (Lipinski definition) is 3. The number of methoxy groups -OCH3 is 1. The molecule has 9 heteroatoms. The third kappa shape index (κ3) is 5.16. The number of anilines is 2. The van der Waals surface area contributed by atoms with Crippen molar-refractivity contribution in [1.29, 1.82) is 0 Å². The predicted octanol–water partition coefficient (Wildman–Crippen LogP) is 4.21. The van der Waals surface area contributed by atoms with E-state index in [1.807, 2.05) is 30.3 Å². The molecule has 1 heterocycles. The highest BCUT2D eigenvalue weighted by Crippen LogP contribution is 2.23. The number of rotatable bonds is 8. The lowest BCUT2D eigenvalue weighted by Crippen LogP contribution is -2.20. The first-order chi connectivity index (χ1) is 15.9. The molecule has 4 aromatic rings. The van der Waals surface area contributed by atoms with Crippen LogP contribution in [0.3, 0.4) is 0 Å². The Balaban J connectivity index is 1.59. The van der Waals surface area contributed by atoms with Crippen molar-refractivity contribution in [2.45, 2.75) is 11.4 Å². The van der Waals surface area contributed by atoms with E-state index in [1.165, 1.54) is 19.2 Å². The van der Waals surface area contributed by atoms with Crippen molar-refractivity contribution >= 4 is 38.3 Å². The monoisotopic (exact) mass is 465 g/mol. The number of sulfonamides is 1. The van der Waals surface area contributed by atoms with Crippen LogP contribution in [0.25, 0.3) is 11.0 Å². The molecule has 170 valence electrons. The maximum atomic E-state index is 12.9. The second-order valence-corrected chi connectivity index (χ2v) is 9.13. The Hall–Kier alpha value is -3.82. The van der Waals surface area contributed by atoms with Gasteiger partial charge in [-0.2, -0.15) is 0 Å². The van der Waals surface area contributed by atoms with E-state index in [0.29, 0.717) is 29.4 Å². The lowest BCUT2D eigenvalue weighted by atomic mass is 10.1. The molecule has 33 heavy (non-hydrogen) atoms. The number of fused-ring (bicyclic) bond motifs is 1. The molecule has 3 aromatic carbocycles. The molecule has 3 N–H and O–H groups in total. The number of ether oxygens (including phenoxy) is 1. The smallest absolute Gasteiger partial charge is 0.255 e. The first-order valence-corrected chi connectivity index (χ1v) is 11.6. The molecule has 0 atom stereocenters. The first kappa shape index (κ1) is 22.4. The second kappa shape index (κ2) is 9.35. The summed E-state index contributed by atoms with van der Waals surface area (Å²) in [5, 5.41) is 6.89. The zero-order valence-electron chi connectivity index (χ0n) is 18.1. The maximum absolute atomic E-state index is 12.9. The molecule has 0 saturated carbocycles. The van der Waals surface area contributed by atoms with Crippen LogP contribution in [-0.4, -0.2) is 28.5 Å². The van der Waals surface area contributed by atoms with E-state index in [9.17, 15) is 13.2 Å². The number of amides is 1. The van der Waals surface area contributed by atoms with E-state index in [1.54, 1.807) is 37.4 Å². The fraction of sp³-hybridized carbons (Fsp3) is 0.125. The normalized spacial score (nSPS) is 11.3. The third-order valence-corrected chi connectivity index (χ3v) is 6.43. The second-order valence-electron chi connectivity index (χ2n) is 7.24. The van der Waals surface area contributed by atoms with Gasteiger partial charge in [-0.05, 0) is 61.6 Å². The van der Waals surface area contributed by atoms with Crippen molar-refractivity contribution < 1.29 is 22.4 Å². The highest BCUT2D eigenvalue weighted by atomic mass is 32.2. The fourth-order valence-electron chi connectivity index (χ4n) is 3.30. The Morgan fingerprint density at radius 3 is 2.42 bits per heavy atom. The first-order valence-electron chi connectivity index (χ1n) is 10.1. The molecule has 0 fully saturated rings. The van der Waals surface area contributed by atoms with E-state index >= 15 is 0 Å². The summed E-state index contributed by atoms with van der Waals surface area (Å²) in [5.41, 5.74) is 1.97. The molecule has 1 aromatic heterocycles. The van der Waals surface area contributed by atoms with Crippen LogP contribution < -0.4 is 20.1 Å². The van der Waals surface area contributed by atoms with Gasteiger partial charge in [0.05, 0.1) is 18.6 Å². The molecule has 0 radical (unpaired) electrons. The van der Waals surface area contributed by atoms with Gasteiger partial charge in [0, 0.05) is 22.3 Å². The van der Waals surface area contributed by atoms with Crippen molar-refractivity contribution in [2.75, 3.05) is 24.8 Å². The van der Waals surface area contributed by atoms with Crippen LogP contribution in [0.4, 0.5) is 11.4 Å². The summed E-state index contributed by atoms with van der Waals surface area (Å²) in [6.07, 6.45) is 0. The standard InChI is InChI=1S/C24H23N3O5S/c1-25-33(29,30)22-13-17(24(28)27-18-7-9-20(31-2)10-8-18)11-19(14-22)26-15-21-12-16-5-3-4-6-23(16)32-21/h3-14,25-26H,15H2,1-2H3,(H,27,28). The van der Waals surface area contributed by atoms with Gasteiger partial charge in [0.15, 0.2) is 0 Å². The van der Waals surface area contributed by atoms with Gasteiger partial charge in [-0.15, -0.1) is 0 Å². The van der Waals surface area contributed by atoms with E-state index < -0.39 is 15.9 Å². The van der Waals surface area contributed by atoms with Crippen molar-refractivity contribution in [3.63, 3.8) is 0 Å². The molecule has 0 aliphatic rings.